The number of hydrogen-bond acceptors (Lipinski definition) is 4. The summed E-state index contributed by atoms with van der Waals surface area (Å²) in [6.45, 7) is 4.65. The minimum absolute atomic E-state index is 0.0690. The van der Waals surface area contributed by atoms with Crippen LogP contribution in [-0.2, 0) is 9.53 Å². The van der Waals surface area contributed by atoms with Crippen molar-refractivity contribution in [3.8, 4) is 0 Å². The first kappa shape index (κ1) is 9.98. The molecule has 0 unspecified atom stereocenters. The number of carbonyl (C=O) groups excluding carboxylic acids is 1. The Kier molecular flexibility index (Phi) is 2.87. The number of rotatable bonds is 3. The normalized spacial score (nSPS) is 23.4. The van der Waals surface area contributed by atoms with Crippen LogP contribution in [0.3, 0.4) is 0 Å². The fraction of sp³-hybridized carbons (Fsp3) is 0.750. The molecule has 0 radical (unpaired) electrons. The van der Waals surface area contributed by atoms with Crippen molar-refractivity contribution in [2.75, 3.05) is 13.2 Å². The SMILES string of the molecule is CC1(C)OCC/C1=N\NCC(N)=O. The highest BCUT2D eigenvalue weighted by Crippen LogP contribution is 2.21. The minimum Gasteiger partial charge on any atom is -0.369 e. The third-order valence-corrected chi connectivity index (χ3v) is 1.96. The molecule has 1 heterocycles. The van der Waals surface area contributed by atoms with Crippen molar-refractivity contribution in [2.24, 2.45) is 10.8 Å². The van der Waals surface area contributed by atoms with Gasteiger partial charge in [0.05, 0.1) is 12.3 Å². The van der Waals surface area contributed by atoms with E-state index in [9.17, 15) is 4.79 Å². The summed E-state index contributed by atoms with van der Waals surface area (Å²) in [6, 6.07) is 0. The van der Waals surface area contributed by atoms with Crippen LogP contribution < -0.4 is 11.2 Å². The standard InChI is InChI=1S/C8H15N3O2/c1-8(2)6(3-4-13-8)11-10-5-7(9)12/h10H,3-5H2,1-2H3,(H2,9,12)/b11-6+. The molecule has 0 atom stereocenters. The predicted octanol–water partition coefficient (Wildman–Crippen LogP) is -0.384. The summed E-state index contributed by atoms with van der Waals surface area (Å²) < 4.78 is 5.42. The molecule has 0 aromatic carbocycles. The smallest absolute Gasteiger partial charge is 0.238 e. The van der Waals surface area contributed by atoms with Crippen LogP contribution in [0.4, 0.5) is 0 Å². The Labute approximate surface area is 77.3 Å². The van der Waals surface area contributed by atoms with E-state index in [0.29, 0.717) is 6.61 Å². The Bertz CT molecular complexity index is 236. The molecule has 74 valence electrons. The first-order valence-electron chi connectivity index (χ1n) is 4.24. The van der Waals surface area contributed by atoms with Gasteiger partial charge in [0.25, 0.3) is 0 Å². The van der Waals surface area contributed by atoms with Gasteiger partial charge < -0.3 is 15.9 Å². The van der Waals surface area contributed by atoms with Crippen LogP contribution >= 0.6 is 0 Å². The number of hydrogen-bond donors (Lipinski definition) is 2. The summed E-state index contributed by atoms with van der Waals surface area (Å²) in [5.74, 6) is -0.416. The van der Waals surface area contributed by atoms with E-state index in [1.165, 1.54) is 0 Å². The molecule has 1 rings (SSSR count). The van der Waals surface area contributed by atoms with Crippen molar-refractivity contribution in [1.82, 2.24) is 5.43 Å². The Hall–Kier alpha value is -1.10. The van der Waals surface area contributed by atoms with E-state index >= 15 is 0 Å². The maximum atomic E-state index is 10.4. The summed E-state index contributed by atoms with van der Waals surface area (Å²) in [6.07, 6.45) is 0.804. The second-order valence-electron chi connectivity index (χ2n) is 3.47. The predicted molar refractivity (Wildman–Crippen MR) is 49.3 cm³/mol. The lowest BCUT2D eigenvalue weighted by Crippen LogP contribution is -2.31. The monoisotopic (exact) mass is 185 g/mol. The van der Waals surface area contributed by atoms with Crippen LogP contribution in [0.1, 0.15) is 20.3 Å². The number of carbonyl (C=O) groups is 1. The first-order chi connectivity index (χ1) is 6.02. The molecule has 13 heavy (non-hydrogen) atoms. The molecule has 1 aliphatic rings. The van der Waals surface area contributed by atoms with Gasteiger partial charge in [-0.15, -0.1) is 0 Å². The Morgan fingerprint density at radius 3 is 2.92 bits per heavy atom. The van der Waals surface area contributed by atoms with Gasteiger partial charge in [0, 0.05) is 6.42 Å². The molecule has 0 aromatic rings. The number of ether oxygens (including phenoxy) is 1. The molecule has 0 bridgehead atoms. The number of primary amides is 1. The van der Waals surface area contributed by atoms with E-state index in [2.05, 4.69) is 10.5 Å². The fourth-order valence-electron chi connectivity index (χ4n) is 1.19. The molecule has 5 heteroatoms. The van der Waals surface area contributed by atoms with E-state index in [4.69, 9.17) is 10.5 Å². The van der Waals surface area contributed by atoms with Gasteiger partial charge >= 0.3 is 0 Å². The second-order valence-corrected chi connectivity index (χ2v) is 3.47. The van der Waals surface area contributed by atoms with Gasteiger partial charge in [-0.2, -0.15) is 5.10 Å². The van der Waals surface area contributed by atoms with Gasteiger partial charge in [0.1, 0.15) is 12.1 Å². The molecule has 1 amide bonds. The molecule has 5 nitrogen and oxygen atoms in total. The molecule has 1 fully saturated rings. The summed E-state index contributed by atoms with van der Waals surface area (Å²) in [4.78, 5) is 10.4. The van der Waals surface area contributed by atoms with E-state index < -0.39 is 5.91 Å². The number of nitrogens with zero attached hydrogens (tertiary/aromatic N) is 1. The maximum absolute atomic E-state index is 10.4. The number of hydrazone groups is 1. The summed E-state index contributed by atoms with van der Waals surface area (Å²) in [5.41, 5.74) is 8.17. The van der Waals surface area contributed by atoms with Crippen molar-refractivity contribution in [2.45, 2.75) is 25.9 Å². The lowest BCUT2D eigenvalue weighted by molar-refractivity contribution is -0.117. The first-order valence-corrected chi connectivity index (χ1v) is 4.24. The van der Waals surface area contributed by atoms with Crippen molar-refractivity contribution < 1.29 is 9.53 Å². The summed E-state index contributed by atoms with van der Waals surface area (Å²) >= 11 is 0. The lowest BCUT2D eigenvalue weighted by atomic mass is 10.0. The van der Waals surface area contributed by atoms with E-state index in [0.717, 1.165) is 12.1 Å². The van der Waals surface area contributed by atoms with E-state index in [-0.39, 0.29) is 12.1 Å². The Morgan fingerprint density at radius 2 is 2.46 bits per heavy atom. The molecule has 0 saturated carbocycles. The molecule has 0 aliphatic carbocycles. The van der Waals surface area contributed by atoms with Crippen LogP contribution in [0, 0.1) is 0 Å². The molecular weight excluding hydrogens is 170 g/mol. The fourth-order valence-corrected chi connectivity index (χ4v) is 1.19. The van der Waals surface area contributed by atoms with Crippen molar-refractivity contribution in [1.29, 1.82) is 0 Å². The molecular formula is C8H15N3O2. The molecule has 0 aromatic heterocycles. The quantitative estimate of drug-likeness (QED) is 0.588. The zero-order chi connectivity index (χ0) is 9.90. The topological polar surface area (TPSA) is 76.7 Å². The number of nitrogens with two attached hydrogens (primary N) is 1. The largest absolute Gasteiger partial charge is 0.369 e. The van der Waals surface area contributed by atoms with Crippen molar-refractivity contribution in [3.05, 3.63) is 0 Å². The van der Waals surface area contributed by atoms with Crippen LogP contribution in [0.15, 0.2) is 5.10 Å². The van der Waals surface area contributed by atoms with Crippen LogP contribution in [0.25, 0.3) is 0 Å². The third kappa shape index (κ3) is 2.69. The number of amides is 1. The van der Waals surface area contributed by atoms with Crippen LogP contribution in [0.2, 0.25) is 0 Å². The second kappa shape index (κ2) is 3.74. The summed E-state index contributed by atoms with van der Waals surface area (Å²) in [5, 5.41) is 4.06. The molecule has 1 saturated heterocycles. The van der Waals surface area contributed by atoms with Gasteiger partial charge in [-0.1, -0.05) is 0 Å². The molecule has 3 N–H and O–H groups in total. The maximum Gasteiger partial charge on any atom is 0.238 e. The highest BCUT2D eigenvalue weighted by molar-refractivity contribution is 5.93. The lowest BCUT2D eigenvalue weighted by Gasteiger charge is -2.17. The Morgan fingerprint density at radius 1 is 1.77 bits per heavy atom. The van der Waals surface area contributed by atoms with Gasteiger partial charge in [-0.3, -0.25) is 4.79 Å². The zero-order valence-corrected chi connectivity index (χ0v) is 7.96. The van der Waals surface area contributed by atoms with E-state index in [1.807, 2.05) is 13.8 Å². The third-order valence-electron chi connectivity index (χ3n) is 1.96. The Balaban J connectivity index is 2.46. The molecule has 0 spiro atoms. The average molecular weight is 185 g/mol. The average Bonchev–Trinajstić information content (AvgIpc) is 2.30. The van der Waals surface area contributed by atoms with Gasteiger partial charge in [-0.25, -0.2) is 0 Å². The van der Waals surface area contributed by atoms with Gasteiger partial charge in [0.2, 0.25) is 5.91 Å². The van der Waals surface area contributed by atoms with Gasteiger partial charge in [-0.05, 0) is 13.8 Å². The van der Waals surface area contributed by atoms with Crippen molar-refractivity contribution in [3.63, 3.8) is 0 Å². The summed E-state index contributed by atoms with van der Waals surface area (Å²) in [7, 11) is 0. The van der Waals surface area contributed by atoms with E-state index in [1.54, 1.807) is 0 Å². The highest BCUT2D eigenvalue weighted by atomic mass is 16.5. The van der Waals surface area contributed by atoms with Crippen molar-refractivity contribution >= 4 is 11.6 Å². The zero-order valence-electron chi connectivity index (χ0n) is 7.96. The number of nitrogens with one attached hydrogen (secondary N) is 1. The minimum atomic E-state index is -0.416. The molecule has 1 aliphatic heterocycles. The van der Waals surface area contributed by atoms with Gasteiger partial charge in [0.15, 0.2) is 0 Å². The van der Waals surface area contributed by atoms with Crippen LogP contribution in [-0.4, -0.2) is 30.4 Å². The highest BCUT2D eigenvalue weighted by Gasteiger charge is 2.31. The van der Waals surface area contributed by atoms with Crippen LogP contribution in [0.5, 0.6) is 0 Å².